The number of carbonyl (C=O) groups excluding carboxylic acids is 2. The van der Waals surface area contributed by atoms with Crippen LogP contribution in [0.2, 0.25) is 0 Å². The molecule has 2 unspecified atom stereocenters. The Morgan fingerprint density at radius 3 is 1.17 bits per heavy atom. The van der Waals surface area contributed by atoms with Crippen LogP contribution >= 0.6 is 0 Å². The summed E-state index contributed by atoms with van der Waals surface area (Å²) in [5.41, 5.74) is 0. The Morgan fingerprint density at radius 1 is 0.424 bits per heavy atom. The highest BCUT2D eigenvalue weighted by molar-refractivity contribution is 5.76. The monoisotopic (exact) mass is 928 g/mol. The average Bonchev–Trinajstić information content (AvgIpc) is 3.32. The number of allylic oxidation sites excluding steroid dienone is 6. The van der Waals surface area contributed by atoms with E-state index in [1.807, 2.05) is 0 Å². The third kappa shape index (κ3) is 51.5. The molecular weight excluding hydrogens is 815 g/mol. The maximum atomic E-state index is 12.4. The number of amides is 1. The molecule has 1 amide bonds. The van der Waals surface area contributed by atoms with Crippen molar-refractivity contribution in [3.05, 3.63) is 36.5 Å². The minimum atomic E-state index is -0.669. The standard InChI is InChI=1S/C60H113NO5/c1-3-5-7-9-11-13-14-15-16-24-28-31-34-38-42-46-50-54-60(65)66-55-51-47-43-39-35-32-29-26-23-21-19-17-18-20-22-25-27-30-33-37-41-45-49-53-59(64)61-57(56-62)58(63)52-48-44-40-36-12-10-8-6-4-2/h15-17,19-20,22,57-58,62-63H,3-14,18,21,23-56H2,1-2H3,(H,61,64)/b16-15-,19-17-,22-20-. The second-order valence-corrected chi connectivity index (χ2v) is 20.0. The van der Waals surface area contributed by atoms with Gasteiger partial charge in [-0.15, -0.1) is 0 Å². The molecule has 0 fully saturated rings. The second kappa shape index (κ2) is 55.7. The lowest BCUT2D eigenvalue weighted by Gasteiger charge is -2.22. The van der Waals surface area contributed by atoms with E-state index in [0.717, 1.165) is 57.8 Å². The number of hydrogen-bond donors (Lipinski definition) is 3. The number of hydrogen-bond acceptors (Lipinski definition) is 5. The van der Waals surface area contributed by atoms with Gasteiger partial charge in [-0.25, -0.2) is 0 Å². The maximum absolute atomic E-state index is 12.4. The van der Waals surface area contributed by atoms with Crippen LogP contribution in [0.25, 0.3) is 0 Å². The van der Waals surface area contributed by atoms with Crippen LogP contribution < -0.4 is 5.32 Å². The van der Waals surface area contributed by atoms with Gasteiger partial charge in [0.25, 0.3) is 0 Å². The maximum Gasteiger partial charge on any atom is 0.305 e. The fraction of sp³-hybridized carbons (Fsp3) is 0.867. The Bertz CT molecular complexity index is 1070. The highest BCUT2D eigenvalue weighted by Gasteiger charge is 2.20. The molecule has 0 aromatic heterocycles. The van der Waals surface area contributed by atoms with E-state index in [0.29, 0.717) is 25.9 Å². The van der Waals surface area contributed by atoms with Crippen molar-refractivity contribution >= 4 is 11.9 Å². The van der Waals surface area contributed by atoms with Gasteiger partial charge in [-0.2, -0.15) is 0 Å². The summed E-state index contributed by atoms with van der Waals surface area (Å²) in [6.07, 6.45) is 68.6. The Kier molecular flexibility index (Phi) is 54.1. The van der Waals surface area contributed by atoms with E-state index in [1.165, 1.54) is 218 Å². The van der Waals surface area contributed by atoms with Gasteiger partial charge in [-0.3, -0.25) is 9.59 Å². The van der Waals surface area contributed by atoms with Gasteiger partial charge in [0.2, 0.25) is 5.91 Å². The molecule has 0 bridgehead atoms. The van der Waals surface area contributed by atoms with Gasteiger partial charge in [0.05, 0.1) is 25.4 Å². The number of esters is 1. The van der Waals surface area contributed by atoms with E-state index in [1.54, 1.807) is 0 Å². The van der Waals surface area contributed by atoms with Crippen LogP contribution in [0.3, 0.4) is 0 Å². The van der Waals surface area contributed by atoms with E-state index in [-0.39, 0.29) is 18.5 Å². The van der Waals surface area contributed by atoms with Gasteiger partial charge in [0.1, 0.15) is 0 Å². The van der Waals surface area contributed by atoms with Crippen LogP contribution in [0.1, 0.15) is 309 Å². The first-order valence-electron chi connectivity index (χ1n) is 29.2. The molecule has 0 aromatic rings. The quantitative estimate of drug-likeness (QED) is 0.0321. The van der Waals surface area contributed by atoms with Crippen LogP contribution in [-0.2, 0) is 14.3 Å². The molecular formula is C60H113NO5. The topological polar surface area (TPSA) is 95.9 Å². The van der Waals surface area contributed by atoms with E-state index < -0.39 is 12.1 Å². The van der Waals surface area contributed by atoms with Gasteiger partial charge < -0.3 is 20.3 Å². The lowest BCUT2D eigenvalue weighted by molar-refractivity contribution is -0.143. The van der Waals surface area contributed by atoms with Crippen LogP contribution in [0.15, 0.2) is 36.5 Å². The van der Waals surface area contributed by atoms with Gasteiger partial charge in [0, 0.05) is 12.8 Å². The minimum absolute atomic E-state index is 0.00340. The first-order valence-corrected chi connectivity index (χ1v) is 29.2. The molecule has 66 heavy (non-hydrogen) atoms. The summed E-state index contributed by atoms with van der Waals surface area (Å²) < 4.78 is 5.48. The molecule has 3 N–H and O–H groups in total. The highest BCUT2D eigenvalue weighted by Crippen LogP contribution is 2.16. The first-order chi connectivity index (χ1) is 32.5. The first kappa shape index (κ1) is 64.1. The van der Waals surface area contributed by atoms with E-state index in [2.05, 4.69) is 55.6 Å². The summed E-state index contributed by atoms with van der Waals surface area (Å²) in [4.78, 5) is 24.5. The molecule has 388 valence electrons. The molecule has 0 saturated carbocycles. The van der Waals surface area contributed by atoms with Gasteiger partial charge >= 0.3 is 5.97 Å². The summed E-state index contributed by atoms with van der Waals surface area (Å²) >= 11 is 0. The summed E-state index contributed by atoms with van der Waals surface area (Å²) in [5, 5.41) is 23.1. The van der Waals surface area contributed by atoms with Crippen LogP contribution in [0, 0.1) is 0 Å². The Balaban J connectivity index is 3.41. The highest BCUT2D eigenvalue weighted by atomic mass is 16.5. The average molecular weight is 929 g/mol. The normalized spacial score (nSPS) is 12.8. The van der Waals surface area contributed by atoms with Crippen molar-refractivity contribution in [3.63, 3.8) is 0 Å². The number of aliphatic hydroxyl groups excluding tert-OH is 2. The van der Waals surface area contributed by atoms with Crippen LogP contribution in [0.4, 0.5) is 0 Å². The molecule has 0 rings (SSSR count). The Morgan fingerprint density at radius 2 is 0.758 bits per heavy atom. The molecule has 0 aliphatic heterocycles. The zero-order valence-corrected chi connectivity index (χ0v) is 44.2. The third-order valence-corrected chi connectivity index (χ3v) is 13.4. The lowest BCUT2D eigenvalue weighted by Crippen LogP contribution is -2.45. The van der Waals surface area contributed by atoms with Crippen molar-refractivity contribution in [2.24, 2.45) is 0 Å². The Hall–Kier alpha value is -1.92. The molecule has 0 heterocycles. The van der Waals surface area contributed by atoms with E-state index in [9.17, 15) is 19.8 Å². The fourth-order valence-corrected chi connectivity index (χ4v) is 8.90. The van der Waals surface area contributed by atoms with Crippen molar-refractivity contribution in [1.82, 2.24) is 5.32 Å². The van der Waals surface area contributed by atoms with Crippen LogP contribution in [-0.4, -0.2) is 47.4 Å². The predicted molar refractivity (Wildman–Crippen MR) is 287 cm³/mol. The fourth-order valence-electron chi connectivity index (χ4n) is 8.90. The molecule has 6 heteroatoms. The van der Waals surface area contributed by atoms with Crippen molar-refractivity contribution in [3.8, 4) is 0 Å². The molecule has 6 nitrogen and oxygen atoms in total. The van der Waals surface area contributed by atoms with Crippen molar-refractivity contribution in [2.45, 2.75) is 321 Å². The molecule has 0 aromatic carbocycles. The molecule has 2 atom stereocenters. The van der Waals surface area contributed by atoms with Gasteiger partial charge in [-0.05, 0) is 83.5 Å². The van der Waals surface area contributed by atoms with Crippen molar-refractivity contribution in [1.29, 1.82) is 0 Å². The van der Waals surface area contributed by atoms with E-state index >= 15 is 0 Å². The number of ether oxygens (including phenoxy) is 1. The predicted octanol–water partition coefficient (Wildman–Crippen LogP) is 18.0. The zero-order valence-electron chi connectivity index (χ0n) is 44.2. The van der Waals surface area contributed by atoms with Gasteiger partial charge in [-0.1, -0.05) is 249 Å². The number of unbranched alkanes of at least 4 members (excludes halogenated alkanes) is 37. The smallest absolute Gasteiger partial charge is 0.305 e. The largest absolute Gasteiger partial charge is 0.466 e. The number of nitrogens with one attached hydrogen (secondary N) is 1. The molecule has 0 radical (unpaired) electrons. The summed E-state index contributed by atoms with van der Waals surface area (Å²) in [7, 11) is 0. The van der Waals surface area contributed by atoms with Crippen molar-refractivity contribution < 1.29 is 24.5 Å². The third-order valence-electron chi connectivity index (χ3n) is 13.4. The molecule has 0 saturated heterocycles. The summed E-state index contributed by atoms with van der Waals surface area (Å²) in [6.45, 7) is 4.92. The minimum Gasteiger partial charge on any atom is -0.466 e. The van der Waals surface area contributed by atoms with E-state index in [4.69, 9.17) is 4.74 Å². The zero-order chi connectivity index (χ0) is 47.9. The van der Waals surface area contributed by atoms with Crippen molar-refractivity contribution in [2.75, 3.05) is 13.2 Å². The van der Waals surface area contributed by atoms with Crippen LogP contribution in [0.5, 0.6) is 0 Å². The van der Waals surface area contributed by atoms with Gasteiger partial charge in [0.15, 0.2) is 0 Å². The number of rotatable bonds is 54. The SMILES string of the molecule is CCCCCCCC/C=C\CCCCCCCCCC(=O)OCCCCCCCCCCC/C=C\C/C=C\CCCCCCCCCC(=O)NC(CO)C(O)CCCCCCCCCCC. The molecule has 0 spiro atoms. The number of carbonyl (C=O) groups is 2. The Labute approximate surface area is 411 Å². The second-order valence-electron chi connectivity index (χ2n) is 20.0. The number of aliphatic hydroxyl groups is 2. The molecule has 0 aliphatic rings. The molecule has 0 aliphatic carbocycles. The summed E-state index contributed by atoms with van der Waals surface area (Å²) in [5.74, 6) is -0.0447. The summed E-state index contributed by atoms with van der Waals surface area (Å²) in [6, 6.07) is -0.547. The lowest BCUT2D eigenvalue weighted by atomic mass is 10.0.